The van der Waals surface area contributed by atoms with Crippen LogP contribution in [0.25, 0.3) is 10.9 Å². The van der Waals surface area contributed by atoms with E-state index in [1.807, 2.05) is 24.1 Å². The molecule has 5 nitrogen and oxygen atoms in total. The first-order valence-corrected chi connectivity index (χ1v) is 8.05. The molecule has 3 aromatic rings. The Balaban J connectivity index is 1.81. The lowest BCUT2D eigenvalue weighted by Crippen LogP contribution is -2.32. The van der Waals surface area contributed by atoms with Gasteiger partial charge in [-0.3, -0.25) is 9.69 Å². The van der Waals surface area contributed by atoms with E-state index in [-0.39, 0.29) is 5.56 Å². The van der Waals surface area contributed by atoms with Gasteiger partial charge < -0.3 is 0 Å². The first-order chi connectivity index (χ1) is 10.1. The average molecular weight is 365 g/mol. The van der Waals surface area contributed by atoms with E-state index in [9.17, 15) is 4.79 Å². The van der Waals surface area contributed by atoms with Crippen molar-refractivity contribution in [2.24, 2.45) is 0 Å². The highest BCUT2D eigenvalue weighted by atomic mass is 79.9. The molecule has 0 aliphatic carbocycles. The molecule has 108 valence electrons. The van der Waals surface area contributed by atoms with Gasteiger partial charge in [0, 0.05) is 6.54 Å². The number of fused-ring (bicyclic) bond motifs is 1. The predicted molar refractivity (Wildman–Crippen MR) is 87.3 cm³/mol. The zero-order valence-electron chi connectivity index (χ0n) is 11.4. The Labute approximate surface area is 134 Å². The van der Waals surface area contributed by atoms with Crippen molar-refractivity contribution in [1.29, 1.82) is 0 Å². The maximum absolute atomic E-state index is 12.3. The second kappa shape index (κ2) is 6.05. The highest BCUT2D eigenvalue weighted by molar-refractivity contribution is 9.11. The minimum atomic E-state index is -0.112. The molecule has 0 radical (unpaired) electrons. The fourth-order valence-electron chi connectivity index (χ4n) is 2.14. The standard InChI is InChI=1S/C14H13BrN4OS/c1-18(7-10-6-13(15)21-8-10)9-19-14(20)11-4-2-3-5-12(11)16-17-19/h2-6,8H,7,9H2,1H3. The van der Waals surface area contributed by atoms with Crippen molar-refractivity contribution in [3.63, 3.8) is 0 Å². The average Bonchev–Trinajstić information content (AvgIpc) is 2.87. The van der Waals surface area contributed by atoms with Gasteiger partial charge in [-0.1, -0.05) is 17.3 Å². The number of aromatic nitrogens is 3. The highest BCUT2D eigenvalue weighted by Crippen LogP contribution is 2.21. The van der Waals surface area contributed by atoms with Crippen molar-refractivity contribution >= 4 is 38.2 Å². The third-order valence-corrected chi connectivity index (χ3v) is 4.63. The molecule has 0 saturated heterocycles. The first kappa shape index (κ1) is 14.4. The number of rotatable bonds is 4. The molecule has 0 amide bonds. The van der Waals surface area contributed by atoms with Crippen LogP contribution in [-0.4, -0.2) is 26.9 Å². The van der Waals surface area contributed by atoms with Crippen LogP contribution in [0.4, 0.5) is 0 Å². The second-order valence-corrected chi connectivity index (χ2v) is 7.12. The molecule has 0 atom stereocenters. The Morgan fingerprint density at radius 3 is 2.95 bits per heavy atom. The van der Waals surface area contributed by atoms with Gasteiger partial charge in [-0.05, 0) is 52.1 Å². The molecule has 21 heavy (non-hydrogen) atoms. The Morgan fingerprint density at radius 1 is 1.38 bits per heavy atom. The maximum Gasteiger partial charge on any atom is 0.278 e. The van der Waals surface area contributed by atoms with Crippen LogP contribution in [0.3, 0.4) is 0 Å². The van der Waals surface area contributed by atoms with E-state index in [1.165, 1.54) is 10.2 Å². The molecule has 0 spiro atoms. The lowest BCUT2D eigenvalue weighted by atomic mass is 10.2. The van der Waals surface area contributed by atoms with Crippen LogP contribution in [0.1, 0.15) is 5.56 Å². The zero-order chi connectivity index (χ0) is 14.8. The van der Waals surface area contributed by atoms with Gasteiger partial charge in [0.25, 0.3) is 5.56 Å². The Morgan fingerprint density at radius 2 is 2.19 bits per heavy atom. The van der Waals surface area contributed by atoms with Crippen molar-refractivity contribution in [2.45, 2.75) is 13.2 Å². The molecule has 0 bridgehead atoms. The Kier molecular flexibility index (Phi) is 4.14. The molecule has 0 saturated carbocycles. The van der Waals surface area contributed by atoms with Gasteiger partial charge in [0.05, 0.1) is 15.8 Å². The lowest BCUT2D eigenvalue weighted by Gasteiger charge is -2.16. The number of hydrogen-bond donors (Lipinski definition) is 0. The SMILES string of the molecule is CN(Cc1csc(Br)c1)Cn1nnc2ccccc2c1=O. The van der Waals surface area contributed by atoms with Gasteiger partial charge in [0.2, 0.25) is 0 Å². The van der Waals surface area contributed by atoms with Crippen molar-refractivity contribution in [3.05, 3.63) is 55.4 Å². The van der Waals surface area contributed by atoms with Gasteiger partial charge in [0.1, 0.15) is 5.52 Å². The van der Waals surface area contributed by atoms with Crippen molar-refractivity contribution in [3.8, 4) is 0 Å². The summed E-state index contributed by atoms with van der Waals surface area (Å²) in [7, 11) is 1.95. The highest BCUT2D eigenvalue weighted by Gasteiger charge is 2.08. The summed E-state index contributed by atoms with van der Waals surface area (Å²) in [5.41, 5.74) is 1.72. The van der Waals surface area contributed by atoms with Gasteiger partial charge in [-0.2, -0.15) is 4.68 Å². The van der Waals surface area contributed by atoms with E-state index >= 15 is 0 Å². The van der Waals surface area contributed by atoms with E-state index in [4.69, 9.17) is 0 Å². The van der Waals surface area contributed by atoms with Crippen LogP contribution >= 0.6 is 27.3 Å². The third-order valence-electron chi connectivity index (χ3n) is 3.08. The van der Waals surface area contributed by atoms with Crippen molar-refractivity contribution in [1.82, 2.24) is 19.9 Å². The summed E-state index contributed by atoms with van der Waals surface area (Å²) in [4.78, 5) is 14.4. The van der Waals surface area contributed by atoms with Crippen LogP contribution in [0.15, 0.2) is 44.3 Å². The fourth-order valence-corrected chi connectivity index (χ4v) is 3.34. The molecule has 0 N–H and O–H groups in total. The van der Waals surface area contributed by atoms with E-state index < -0.39 is 0 Å². The molecular formula is C14H13BrN4OS. The Hall–Kier alpha value is -1.57. The molecule has 0 fully saturated rings. The summed E-state index contributed by atoms with van der Waals surface area (Å²) >= 11 is 5.10. The third kappa shape index (κ3) is 3.20. The maximum atomic E-state index is 12.3. The van der Waals surface area contributed by atoms with E-state index in [1.54, 1.807) is 23.5 Å². The zero-order valence-corrected chi connectivity index (χ0v) is 13.8. The van der Waals surface area contributed by atoms with E-state index in [0.717, 1.165) is 10.3 Å². The summed E-state index contributed by atoms with van der Waals surface area (Å²) in [6.07, 6.45) is 0. The molecule has 7 heteroatoms. The second-order valence-electron chi connectivity index (χ2n) is 4.83. The summed E-state index contributed by atoms with van der Waals surface area (Å²) in [5.74, 6) is 0. The first-order valence-electron chi connectivity index (χ1n) is 6.37. The van der Waals surface area contributed by atoms with Gasteiger partial charge >= 0.3 is 0 Å². The molecule has 0 aliphatic rings. The number of halogens is 1. The Bertz CT molecular complexity index is 829. The summed E-state index contributed by atoms with van der Waals surface area (Å²) in [6.45, 7) is 1.16. The van der Waals surface area contributed by atoms with Crippen LogP contribution in [0.2, 0.25) is 0 Å². The number of nitrogens with zero attached hydrogens (tertiary/aromatic N) is 4. The number of thiophene rings is 1. The molecule has 0 aliphatic heterocycles. The lowest BCUT2D eigenvalue weighted by molar-refractivity contribution is 0.237. The van der Waals surface area contributed by atoms with Crippen molar-refractivity contribution in [2.75, 3.05) is 7.05 Å². The van der Waals surface area contributed by atoms with Gasteiger partial charge in [-0.15, -0.1) is 16.4 Å². The molecule has 0 unspecified atom stereocenters. The smallest absolute Gasteiger partial charge is 0.278 e. The van der Waals surface area contributed by atoms with Gasteiger partial charge in [0.15, 0.2) is 0 Å². The molecule has 2 aromatic heterocycles. The van der Waals surface area contributed by atoms with Crippen LogP contribution < -0.4 is 5.56 Å². The van der Waals surface area contributed by atoms with E-state index in [2.05, 4.69) is 37.7 Å². The number of hydrogen-bond acceptors (Lipinski definition) is 5. The normalized spacial score (nSPS) is 11.4. The monoisotopic (exact) mass is 364 g/mol. The quantitative estimate of drug-likeness (QED) is 0.714. The minimum absolute atomic E-state index is 0.112. The van der Waals surface area contributed by atoms with Gasteiger partial charge in [-0.25, -0.2) is 0 Å². The predicted octanol–water partition coefficient (Wildman–Crippen LogP) is 2.71. The molecule has 1 aromatic carbocycles. The topological polar surface area (TPSA) is 51.0 Å². The van der Waals surface area contributed by atoms with E-state index in [0.29, 0.717) is 17.6 Å². The molecular weight excluding hydrogens is 352 g/mol. The summed E-state index contributed by atoms with van der Waals surface area (Å²) < 4.78 is 2.50. The minimum Gasteiger partial charge on any atom is -0.283 e. The van der Waals surface area contributed by atoms with Crippen LogP contribution in [0, 0.1) is 0 Å². The largest absolute Gasteiger partial charge is 0.283 e. The number of benzene rings is 1. The summed E-state index contributed by atoms with van der Waals surface area (Å²) in [5, 5.41) is 10.8. The van der Waals surface area contributed by atoms with Crippen molar-refractivity contribution < 1.29 is 0 Å². The van der Waals surface area contributed by atoms with Crippen LogP contribution in [0.5, 0.6) is 0 Å². The molecule has 2 heterocycles. The fraction of sp³-hybridized carbons (Fsp3) is 0.214. The summed E-state index contributed by atoms with van der Waals surface area (Å²) in [6, 6.07) is 9.33. The molecule has 3 rings (SSSR count). The van der Waals surface area contributed by atoms with Crippen LogP contribution in [-0.2, 0) is 13.2 Å².